The third-order valence-electron chi connectivity index (χ3n) is 6.86. The quantitative estimate of drug-likeness (QED) is 0.230. The minimum atomic E-state index is -1.41. The van der Waals surface area contributed by atoms with Crippen LogP contribution < -0.4 is 0 Å². The van der Waals surface area contributed by atoms with Crippen LogP contribution in [0.3, 0.4) is 0 Å². The molecule has 0 saturated carbocycles. The fourth-order valence-electron chi connectivity index (χ4n) is 4.85. The van der Waals surface area contributed by atoms with E-state index in [4.69, 9.17) is 0 Å². The first kappa shape index (κ1) is 23.5. The summed E-state index contributed by atoms with van der Waals surface area (Å²) in [6, 6.07) is 42.8. The Kier molecular flexibility index (Phi) is 6.07. The second-order valence-corrected chi connectivity index (χ2v) is 13.4. The summed E-state index contributed by atoms with van der Waals surface area (Å²) in [6.45, 7) is 0. The smallest absolute Gasteiger partial charge is 0.194 e. The van der Waals surface area contributed by atoms with E-state index in [0.29, 0.717) is 22.3 Å². The van der Waals surface area contributed by atoms with Crippen LogP contribution in [0.25, 0.3) is 0 Å². The van der Waals surface area contributed by atoms with Gasteiger partial charge in [0, 0.05) is 32.0 Å². The maximum Gasteiger partial charge on any atom is 0.194 e. The number of hydrogen-bond acceptors (Lipinski definition) is 3. The first-order valence-electron chi connectivity index (χ1n) is 12.0. The highest BCUT2D eigenvalue weighted by molar-refractivity contribution is 8.33. The summed E-state index contributed by atoms with van der Waals surface area (Å²) in [7, 11) is -1.41. The summed E-state index contributed by atoms with van der Waals surface area (Å²) >= 11 is 1.60. The Bertz CT molecular complexity index is 1590. The molecule has 0 spiro atoms. The van der Waals surface area contributed by atoms with Crippen molar-refractivity contribution in [2.45, 2.75) is 24.5 Å². The molecular formula is C33H24O2S2. The Morgan fingerprint density at radius 3 is 1.46 bits per heavy atom. The van der Waals surface area contributed by atoms with E-state index in [-0.39, 0.29) is 11.6 Å². The lowest BCUT2D eigenvalue weighted by Gasteiger charge is -2.37. The van der Waals surface area contributed by atoms with Crippen molar-refractivity contribution in [3.05, 3.63) is 150 Å². The normalized spacial score (nSPS) is 13.1. The number of carbonyl (C=O) groups excluding carboxylic acids is 2. The highest BCUT2D eigenvalue weighted by Gasteiger charge is 2.29. The monoisotopic (exact) mass is 516 g/mol. The maximum atomic E-state index is 13.1. The molecular weight excluding hydrogens is 492 g/mol. The lowest BCUT2D eigenvalue weighted by molar-refractivity contribution is 0.0979. The molecule has 0 amide bonds. The van der Waals surface area contributed by atoms with Crippen molar-refractivity contribution >= 4 is 33.4 Å². The molecule has 0 aliphatic heterocycles. The van der Waals surface area contributed by atoms with Crippen LogP contribution in [0.5, 0.6) is 0 Å². The molecule has 0 aromatic heterocycles. The number of benzene rings is 5. The van der Waals surface area contributed by atoms with E-state index in [0.717, 1.165) is 9.79 Å². The third-order valence-corrected chi connectivity index (χ3v) is 11.5. The molecule has 1 aliphatic carbocycles. The second kappa shape index (κ2) is 9.55. The maximum absolute atomic E-state index is 13.1. The first-order valence-corrected chi connectivity index (χ1v) is 14.9. The summed E-state index contributed by atoms with van der Waals surface area (Å²) in [4.78, 5) is 32.0. The van der Waals surface area contributed by atoms with Gasteiger partial charge in [0.2, 0.25) is 0 Å². The molecule has 0 fully saturated rings. The highest BCUT2D eigenvalue weighted by atomic mass is 32.3. The van der Waals surface area contributed by atoms with Gasteiger partial charge in [0.15, 0.2) is 11.6 Å². The number of ketones is 2. The Hall–Kier alpha value is -3.86. The third kappa shape index (κ3) is 4.12. The van der Waals surface area contributed by atoms with Crippen molar-refractivity contribution in [1.29, 1.82) is 0 Å². The van der Waals surface area contributed by atoms with Gasteiger partial charge in [0.25, 0.3) is 0 Å². The van der Waals surface area contributed by atoms with Gasteiger partial charge in [-0.2, -0.15) is 10.0 Å². The highest BCUT2D eigenvalue weighted by Crippen LogP contribution is 2.65. The van der Waals surface area contributed by atoms with E-state index < -0.39 is 10.0 Å². The zero-order valence-electron chi connectivity index (χ0n) is 20.3. The Labute approximate surface area is 222 Å². The molecule has 37 heavy (non-hydrogen) atoms. The number of hydrogen-bond donors (Lipinski definition) is 0. The zero-order valence-corrected chi connectivity index (χ0v) is 21.9. The van der Waals surface area contributed by atoms with Crippen molar-refractivity contribution < 1.29 is 9.59 Å². The number of fused-ring (bicyclic) bond motifs is 2. The molecule has 5 aromatic rings. The Balaban J connectivity index is 1.32. The standard InChI is InChI=1S/C33H24O2S2/c1-37(25-10-4-2-5-11-25,26-12-6-3-7-13-26)27-19-16-23(17-20-27)36-24-18-21-30-31(22-24)33(35)29-15-9-8-14-28(29)32(30)34/h2-22H,1H3. The van der Waals surface area contributed by atoms with Crippen LogP contribution in [0.2, 0.25) is 0 Å². The van der Waals surface area contributed by atoms with Gasteiger partial charge < -0.3 is 0 Å². The minimum Gasteiger partial charge on any atom is -0.289 e. The topological polar surface area (TPSA) is 34.1 Å². The Morgan fingerprint density at radius 1 is 0.459 bits per heavy atom. The molecule has 5 aromatic carbocycles. The van der Waals surface area contributed by atoms with Crippen molar-refractivity contribution in [2.24, 2.45) is 0 Å². The average Bonchev–Trinajstić information content (AvgIpc) is 2.97. The van der Waals surface area contributed by atoms with Crippen LogP contribution in [-0.2, 0) is 0 Å². The van der Waals surface area contributed by atoms with Gasteiger partial charge in [-0.3, -0.25) is 9.59 Å². The van der Waals surface area contributed by atoms with Gasteiger partial charge in [-0.25, -0.2) is 0 Å². The van der Waals surface area contributed by atoms with E-state index in [1.54, 1.807) is 42.1 Å². The zero-order chi connectivity index (χ0) is 25.4. The van der Waals surface area contributed by atoms with Crippen molar-refractivity contribution in [2.75, 3.05) is 6.26 Å². The fourth-order valence-corrected chi connectivity index (χ4v) is 8.61. The largest absolute Gasteiger partial charge is 0.289 e. The van der Waals surface area contributed by atoms with Gasteiger partial charge in [-0.15, -0.1) is 0 Å². The lowest BCUT2D eigenvalue weighted by atomic mass is 9.84. The van der Waals surface area contributed by atoms with Crippen LogP contribution in [0.1, 0.15) is 31.8 Å². The number of carbonyl (C=O) groups is 2. The van der Waals surface area contributed by atoms with Crippen molar-refractivity contribution in [3.63, 3.8) is 0 Å². The van der Waals surface area contributed by atoms with Crippen LogP contribution in [-0.4, -0.2) is 17.8 Å². The summed E-state index contributed by atoms with van der Waals surface area (Å²) in [5.41, 5.74) is 1.93. The SMILES string of the molecule is CS(c1ccccc1)(c1ccccc1)c1ccc(Sc2ccc3c(c2)C(=O)c2ccccc2C3=O)cc1. The van der Waals surface area contributed by atoms with E-state index in [9.17, 15) is 9.59 Å². The van der Waals surface area contributed by atoms with Crippen LogP contribution in [0.4, 0.5) is 0 Å². The fraction of sp³-hybridized carbons (Fsp3) is 0.0303. The lowest BCUT2D eigenvalue weighted by Crippen LogP contribution is -2.20. The average molecular weight is 517 g/mol. The first-order chi connectivity index (χ1) is 18.1. The predicted molar refractivity (Wildman–Crippen MR) is 152 cm³/mol. The molecule has 0 saturated heterocycles. The second-order valence-electron chi connectivity index (χ2n) is 9.03. The van der Waals surface area contributed by atoms with E-state index >= 15 is 0 Å². The molecule has 0 bridgehead atoms. The van der Waals surface area contributed by atoms with E-state index in [2.05, 4.69) is 91.2 Å². The van der Waals surface area contributed by atoms with Gasteiger partial charge in [0.05, 0.1) is 0 Å². The molecule has 6 rings (SSSR count). The van der Waals surface area contributed by atoms with E-state index in [1.807, 2.05) is 12.1 Å². The van der Waals surface area contributed by atoms with Gasteiger partial charge >= 0.3 is 0 Å². The molecule has 0 unspecified atom stereocenters. The summed E-state index contributed by atoms with van der Waals surface area (Å²) in [5.74, 6) is -0.178. The molecule has 2 nitrogen and oxygen atoms in total. The molecule has 0 heterocycles. The molecule has 0 N–H and O–H groups in total. The van der Waals surface area contributed by atoms with Gasteiger partial charge in [0.1, 0.15) is 0 Å². The van der Waals surface area contributed by atoms with Crippen LogP contribution >= 0.6 is 21.8 Å². The van der Waals surface area contributed by atoms with E-state index in [1.165, 1.54) is 14.7 Å². The molecule has 4 heteroatoms. The van der Waals surface area contributed by atoms with Crippen molar-refractivity contribution in [1.82, 2.24) is 0 Å². The summed E-state index contributed by atoms with van der Waals surface area (Å²) in [5, 5.41) is 0. The Morgan fingerprint density at radius 2 is 0.892 bits per heavy atom. The molecule has 180 valence electrons. The van der Waals surface area contributed by atoms with Gasteiger partial charge in [-0.1, -0.05) is 72.4 Å². The van der Waals surface area contributed by atoms with Crippen LogP contribution in [0, 0.1) is 0 Å². The van der Waals surface area contributed by atoms with Gasteiger partial charge in [-0.05, 0) is 87.7 Å². The number of rotatable bonds is 5. The summed E-state index contributed by atoms with van der Waals surface area (Å²) in [6.07, 6.45) is 2.35. The minimum absolute atomic E-state index is 0.0878. The molecule has 0 radical (unpaired) electrons. The van der Waals surface area contributed by atoms with Crippen molar-refractivity contribution in [3.8, 4) is 0 Å². The predicted octanol–water partition coefficient (Wildman–Crippen LogP) is 8.52. The molecule has 1 aliphatic rings. The van der Waals surface area contributed by atoms with Crippen LogP contribution in [0.15, 0.2) is 152 Å². The molecule has 0 atom stereocenters. The summed E-state index contributed by atoms with van der Waals surface area (Å²) < 4.78 is 0.